The molecule has 1 unspecified atom stereocenters. The average molecular weight is 146 g/mol. The van der Waals surface area contributed by atoms with Crippen LogP contribution in [-0.2, 0) is 4.74 Å². The van der Waals surface area contributed by atoms with Crippen LogP contribution in [0, 0.1) is 0 Å². The summed E-state index contributed by atoms with van der Waals surface area (Å²) in [6.07, 6.45) is 0.996. The van der Waals surface area contributed by atoms with E-state index >= 15 is 0 Å². The van der Waals surface area contributed by atoms with Crippen molar-refractivity contribution in [3.63, 3.8) is 0 Å². The first-order valence-corrected chi connectivity index (χ1v) is 3.00. The molecule has 10 heavy (non-hydrogen) atoms. The highest BCUT2D eigenvalue weighted by Gasteiger charge is 2.33. The summed E-state index contributed by atoms with van der Waals surface area (Å²) in [5.74, 6) is -2.63. The number of hydrogen-bond acceptors (Lipinski definition) is 4. The monoisotopic (exact) mass is 146 g/mol. The van der Waals surface area contributed by atoms with E-state index in [9.17, 15) is 0 Å². The number of aliphatic hydroxyl groups excluding tert-OH is 1. The van der Waals surface area contributed by atoms with Crippen molar-refractivity contribution in [2.45, 2.75) is 18.8 Å². The molecule has 0 aromatic rings. The minimum Gasteiger partial charge on any atom is -0.507 e. The maximum absolute atomic E-state index is 8.89. The first-order valence-electron chi connectivity index (χ1n) is 3.00. The Morgan fingerprint density at radius 2 is 2.30 bits per heavy atom. The van der Waals surface area contributed by atoms with Gasteiger partial charge in [0.15, 0.2) is 5.76 Å². The topological polar surface area (TPSA) is 69.9 Å². The molecular weight excluding hydrogens is 136 g/mol. The van der Waals surface area contributed by atoms with Gasteiger partial charge in [0.05, 0.1) is 6.10 Å². The van der Waals surface area contributed by atoms with Crippen molar-refractivity contribution in [1.29, 1.82) is 0 Å². The van der Waals surface area contributed by atoms with E-state index in [0.717, 1.165) is 0 Å². The van der Waals surface area contributed by atoms with Gasteiger partial charge in [0.1, 0.15) is 6.61 Å². The second-order valence-electron chi connectivity index (χ2n) is 2.38. The molecule has 0 fully saturated rings. The van der Waals surface area contributed by atoms with Crippen LogP contribution in [0.15, 0.2) is 11.8 Å². The molecule has 0 spiro atoms. The maximum atomic E-state index is 8.89. The standard InChI is InChI=1S/C6H10O4/c1-4-2-5(7)6(8,9)3-10-4/h2,4,7-9H,3H2,1H3. The highest BCUT2D eigenvalue weighted by atomic mass is 16.6. The van der Waals surface area contributed by atoms with E-state index in [-0.39, 0.29) is 12.7 Å². The van der Waals surface area contributed by atoms with Crippen molar-refractivity contribution in [3.05, 3.63) is 11.8 Å². The van der Waals surface area contributed by atoms with Gasteiger partial charge in [0.25, 0.3) is 0 Å². The molecule has 0 amide bonds. The van der Waals surface area contributed by atoms with E-state index in [4.69, 9.17) is 20.1 Å². The highest BCUT2D eigenvalue weighted by molar-refractivity contribution is 5.08. The molecule has 1 aliphatic heterocycles. The molecule has 1 rings (SSSR count). The minimum absolute atomic E-state index is 0.257. The Morgan fingerprint density at radius 1 is 1.70 bits per heavy atom. The Balaban J connectivity index is 2.78. The number of hydrogen-bond donors (Lipinski definition) is 3. The molecule has 1 atom stereocenters. The molecule has 0 saturated heterocycles. The van der Waals surface area contributed by atoms with Crippen molar-refractivity contribution in [1.82, 2.24) is 0 Å². The van der Waals surface area contributed by atoms with E-state index in [2.05, 4.69) is 0 Å². The van der Waals surface area contributed by atoms with Crippen LogP contribution in [0.3, 0.4) is 0 Å². The average Bonchev–Trinajstić information content (AvgIpc) is 1.81. The normalized spacial score (nSPS) is 31.5. The van der Waals surface area contributed by atoms with Crippen molar-refractivity contribution < 1.29 is 20.1 Å². The van der Waals surface area contributed by atoms with E-state index in [1.54, 1.807) is 6.92 Å². The van der Waals surface area contributed by atoms with Crippen LogP contribution in [0.5, 0.6) is 0 Å². The summed E-state index contributed by atoms with van der Waals surface area (Å²) in [6, 6.07) is 0. The molecule has 1 heterocycles. The van der Waals surface area contributed by atoms with Crippen LogP contribution in [-0.4, -0.2) is 33.8 Å². The molecule has 0 bridgehead atoms. The smallest absolute Gasteiger partial charge is 0.246 e. The summed E-state index contributed by atoms with van der Waals surface area (Å²) in [5.41, 5.74) is 0. The Labute approximate surface area is 58.4 Å². The highest BCUT2D eigenvalue weighted by Crippen LogP contribution is 2.18. The largest absolute Gasteiger partial charge is 0.507 e. The third kappa shape index (κ3) is 1.29. The lowest BCUT2D eigenvalue weighted by atomic mass is 10.1. The summed E-state index contributed by atoms with van der Waals surface area (Å²) >= 11 is 0. The Bertz CT molecular complexity index is 161. The van der Waals surface area contributed by atoms with Crippen LogP contribution >= 0.6 is 0 Å². The zero-order chi connectivity index (χ0) is 7.78. The molecule has 0 aromatic carbocycles. The van der Waals surface area contributed by atoms with Gasteiger partial charge < -0.3 is 20.1 Å². The second-order valence-corrected chi connectivity index (χ2v) is 2.38. The molecular formula is C6H10O4. The van der Waals surface area contributed by atoms with Crippen LogP contribution in [0.25, 0.3) is 0 Å². The zero-order valence-electron chi connectivity index (χ0n) is 5.61. The third-order valence-corrected chi connectivity index (χ3v) is 1.35. The van der Waals surface area contributed by atoms with E-state index in [0.29, 0.717) is 0 Å². The molecule has 0 saturated carbocycles. The summed E-state index contributed by atoms with van der Waals surface area (Å²) in [7, 11) is 0. The number of rotatable bonds is 0. The first kappa shape index (κ1) is 7.53. The lowest BCUT2D eigenvalue weighted by Gasteiger charge is -2.27. The van der Waals surface area contributed by atoms with Gasteiger partial charge >= 0.3 is 0 Å². The van der Waals surface area contributed by atoms with E-state index in [1.165, 1.54) is 6.08 Å². The van der Waals surface area contributed by atoms with Crippen LogP contribution in [0.2, 0.25) is 0 Å². The fraction of sp³-hybridized carbons (Fsp3) is 0.667. The first-order chi connectivity index (χ1) is 4.52. The van der Waals surface area contributed by atoms with Gasteiger partial charge in [0.2, 0.25) is 5.79 Å². The van der Waals surface area contributed by atoms with Crippen LogP contribution < -0.4 is 0 Å². The van der Waals surface area contributed by atoms with Crippen molar-refractivity contribution in [2.24, 2.45) is 0 Å². The van der Waals surface area contributed by atoms with Gasteiger partial charge in [0, 0.05) is 0 Å². The Hall–Kier alpha value is -0.580. The fourth-order valence-electron chi connectivity index (χ4n) is 0.725. The molecule has 58 valence electrons. The summed E-state index contributed by atoms with van der Waals surface area (Å²) in [4.78, 5) is 0. The van der Waals surface area contributed by atoms with Crippen LogP contribution in [0.4, 0.5) is 0 Å². The summed E-state index contributed by atoms with van der Waals surface area (Å²) in [6.45, 7) is 1.42. The number of ether oxygens (including phenoxy) is 1. The molecule has 0 aromatic heterocycles. The summed E-state index contributed by atoms with van der Waals surface area (Å²) in [5, 5.41) is 26.6. The lowest BCUT2D eigenvalue weighted by Crippen LogP contribution is -2.41. The Morgan fingerprint density at radius 3 is 2.70 bits per heavy atom. The fourth-order valence-corrected chi connectivity index (χ4v) is 0.725. The van der Waals surface area contributed by atoms with Gasteiger partial charge in [-0.25, -0.2) is 0 Å². The van der Waals surface area contributed by atoms with Gasteiger partial charge in [-0.3, -0.25) is 0 Å². The van der Waals surface area contributed by atoms with Crippen molar-refractivity contribution >= 4 is 0 Å². The number of aliphatic hydroxyl groups is 3. The predicted octanol–water partition coefficient (Wildman–Crippen LogP) is -0.472. The molecule has 1 aliphatic rings. The van der Waals surface area contributed by atoms with E-state index in [1.807, 2.05) is 0 Å². The van der Waals surface area contributed by atoms with Gasteiger partial charge in [-0.2, -0.15) is 0 Å². The molecule has 4 heteroatoms. The maximum Gasteiger partial charge on any atom is 0.246 e. The second kappa shape index (κ2) is 2.23. The molecule has 3 N–H and O–H groups in total. The quantitative estimate of drug-likeness (QED) is 0.404. The Kier molecular flexibility index (Phi) is 1.68. The molecule has 4 nitrogen and oxygen atoms in total. The van der Waals surface area contributed by atoms with Gasteiger partial charge in [-0.15, -0.1) is 0 Å². The lowest BCUT2D eigenvalue weighted by molar-refractivity contribution is -0.203. The zero-order valence-corrected chi connectivity index (χ0v) is 5.61. The van der Waals surface area contributed by atoms with Crippen molar-refractivity contribution in [3.8, 4) is 0 Å². The third-order valence-electron chi connectivity index (χ3n) is 1.35. The predicted molar refractivity (Wildman–Crippen MR) is 33.3 cm³/mol. The van der Waals surface area contributed by atoms with Crippen LogP contribution in [0.1, 0.15) is 6.92 Å². The van der Waals surface area contributed by atoms with E-state index < -0.39 is 11.5 Å². The SMILES string of the molecule is CC1C=C(O)C(O)(O)CO1. The van der Waals surface area contributed by atoms with Gasteiger partial charge in [-0.1, -0.05) is 0 Å². The molecule has 0 radical (unpaired) electrons. The van der Waals surface area contributed by atoms with Crippen molar-refractivity contribution in [2.75, 3.05) is 6.61 Å². The van der Waals surface area contributed by atoms with Gasteiger partial charge in [-0.05, 0) is 13.0 Å². The minimum atomic E-state index is -2.19. The molecule has 0 aliphatic carbocycles. The summed E-state index contributed by atoms with van der Waals surface area (Å²) < 4.78 is 4.83.